The molecule has 3 N–H and O–H groups in total. The van der Waals surface area contributed by atoms with Crippen LogP contribution in [0.1, 0.15) is 11.4 Å². The summed E-state index contributed by atoms with van der Waals surface area (Å²) in [6, 6.07) is -0.868. The van der Waals surface area contributed by atoms with Crippen molar-refractivity contribution in [1.29, 1.82) is 0 Å². The van der Waals surface area contributed by atoms with E-state index in [4.69, 9.17) is 10.8 Å². The molecule has 0 saturated carbocycles. The number of nitrogens with zero attached hydrogens (tertiary/aromatic N) is 2. The predicted octanol–water partition coefficient (Wildman–Crippen LogP) is -0.0882. The first-order valence-corrected chi connectivity index (χ1v) is 3.99. The summed E-state index contributed by atoms with van der Waals surface area (Å²) in [6.45, 7) is 4.02. The molecule has 1 aromatic rings. The highest BCUT2D eigenvalue weighted by atomic mass is 16.4. The van der Waals surface area contributed by atoms with Gasteiger partial charge in [0.05, 0.1) is 12.0 Å². The average molecular weight is 183 g/mol. The van der Waals surface area contributed by atoms with E-state index >= 15 is 0 Å². The van der Waals surface area contributed by atoms with Crippen LogP contribution in [0.25, 0.3) is 0 Å². The van der Waals surface area contributed by atoms with Crippen molar-refractivity contribution in [1.82, 2.24) is 9.55 Å². The Hall–Kier alpha value is -1.36. The van der Waals surface area contributed by atoms with E-state index in [0.29, 0.717) is 0 Å². The lowest BCUT2D eigenvalue weighted by atomic mass is 10.3. The molecule has 5 nitrogen and oxygen atoms in total. The SMILES string of the molecule is Cc1ncn(CC(N)C(=O)O)c1C. The Morgan fingerprint density at radius 1 is 1.77 bits per heavy atom. The quantitative estimate of drug-likeness (QED) is 0.686. The molecule has 0 aromatic carbocycles. The van der Waals surface area contributed by atoms with Crippen molar-refractivity contribution in [2.45, 2.75) is 26.4 Å². The van der Waals surface area contributed by atoms with Gasteiger partial charge in [-0.25, -0.2) is 4.98 Å². The van der Waals surface area contributed by atoms with Gasteiger partial charge in [-0.1, -0.05) is 0 Å². The third-order valence-electron chi connectivity index (χ3n) is 2.06. The van der Waals surface area contributed by atoms with Crippen molar-refractivity contribution in [3.63, 3.8) is 0 Å². The van der Waals surface area contributed by atoms with Crippen LogP contribution in [0.5, 0.6) is 0 Å². The number of aromatic nitrogens is 2. The maximum atomic E-state index is 10.5. The fraction of sp³-hybridized carbons (Fsp3) is 0.500. The third kappa shape index (κ3) is 2.06. The van der Waals surface area contributed by atoms with E-state index in [2.05, 4.69) is 4.98 Å². The molecule has 1 atom stereocenters. The molecule has 72 valence electrons. The van der Waals surface area contributed by atoms with Crippen LogP contribution in [0.3, 0.4) is 0 Å². The van der Waals surface area contributed by atoms with Gasteiger partial charge in [0.25, 0.3) is 0 Å². The Morgan fingerprint density at radius 2 is 2.38 bits per heavy atom. The predicted molar refractivity (Wildman–Crippen MR) is 47.3 cm³/mol. The van der Waals surface area contributed by atoms with Crippen molar-refractivity contribution >= 4 is 5.97 Å². The summed E-state index contributed by atoms with van der Waals surface area (Å²) >= 11 is 0. The van der Waals surface area contributed by atoms with Gasteiger partial charge < -0.3 is 15.4 Å². The minimum absolute atomic E-state index is 0.266. The number of hydrogen-bond donors (Lipinski definition) is 2. The number of carboxylic acid groups (broad SMARTS) is 1. The first kappa shape index (κ1) is 9.73. The van der Waals surface area contributed by atoms with Gasteiger partial charge in [-0.05, 0) is 13.8 Å². The third-order valence-corrected chi connectivity index (χ3v) is 2.06. The molecule has 0 radical (unpaired) electrons. The lowest BCUT2D eigenvalue weighted by Gasteiger charge is -2.08. The van der Waals surface area contributed by atoms with E-state index in [1.807, 2.05) is 13.8 Å². The molecule has 1 unspecified atom stereocenters. The van der Waals surface area contributed by atoms with Crippen LogP contribution < -0.4 is 5.73 Å². The first-order valence-electron chi connectivity index (χ1n) is 3.99. The molecule has 0 fully saturated rings. The van der Waals surface area contributed by atoms with Crippen LogP contribution >= 0.6 is 0 Å². The van der Waals surface area contributed by atoms with Crippen LogP contribution in [0.15, 0.2) is 6.33 Å². The van der Waals surface area contributed by atoms with Gasteiger partial charge in [0, 0.05) is 12.2 Å². The number of hydrogen-bond acceptors (Lipinski definition) is 3. The van der Waals surface area contributed by atoms with Crippen molar-refractivity contribution in [3.8, 4) is 0 Å². The summed E-state index contributed by atoms with van der Waals surface area (Å²) < 4.78 is 1.74. The van der Waals surface area contributed by atoms with E-state index in [-0.39, 0.29) is 6.54 Å². The van der Waals surface area contributed by atoms with Crippen molar-refractivity contribution in [2.24, 2.45) is 5.73 Å². The van der Waals surface area contributed by atoms with Crippen LogP contribution in [0.4, 0.5) is 0 Å². The van der Waals surface area contributed by atoms with Crippen molar-refractivity contribution in [3.05, 3.63) is 17.7 Å². The molecule has 0 amide bonds. The molecule has 0 spiro atoms. The smallest absolute Gasteiger partial charge is 0.322 e. The average Bonchev–Trinajstić information content (AvgIpc) is 2.36. The fourth-order valence-corrected chi connectivity index (χ4v) is 1.02. The number of aliphatic carboxylic acids is 1. The van der Waals surface area contributed by atoms with Gasteiger partial charge in [-0.3, -0.25) is 4.79 Å². The van der Waals surface area contributed by atoms with Gasteiger partial charge in [-0.2, -0.15) is 0 Å². The monoisotopic (exact) mass is 183 g/mol. The maximum Gasteiger partial charge on any atom is 0.322 e. The Morgan fingerprint density at radius 3 is 2.77 bits per heavy atom. The van der Waals surface area contributed by atoms with E-state index in [0.717, 1.165) is 11.4 Å². The second-order valence-corrected chi connectivity index (χ2v) is 3.01. The summed E-state index contributed by atoms with van der Waals surface area (Å²) in [4.78, 5) is 14.5. The zero-order valence-electron chi connectivity index (χ0n) is 7.69. The maximum absolute atomic E-state index is 10.5. The highest BCUT2D eigenvalue weighted by molar-refractivity contribution is 5.72. The second-order valence-electron chi connectivity index (χ2n) is 3.01. The number of aryl methyl sites for hydroxylation is 1. The van der Waals surface area contributed by atoms with Gasteiger partial charge in [-0.15, -0.1) is 0 Å². The highest BCUT2D eigenvalue weighted by Crippen LogP contribution is 2.04. The number of carboxylic acids is 1. The Balaban J connectivity index is 2.74. The second kappa shape index (κ2) is 3.57. The number of carbonyl (C=O) groups is 1. The molecule has 13 heavy (non-hydrogen) atoms. The minimum Gasteiger partial charge on any atom is -0.480 e. The highest BCUT2D eigenvalue weighted by Gasteiger charge is 2.13. The molecule has 1 heterocycles. The summed E-state index contributed by atoms with van der Waals surface area (Å²) in [7, 11) is 0. The molecule has 0 aliphatic heterocycles. The van der Waals surface area contributed by atoms with Crippen LogP contribution in [-0.4, -0.2) is 26.7 Å². The van der Waals surface area contributed by atoms with E-state index in [1.165, 1.54) is 0 Å². The van der Waals surface area contributed by atoms with Crippen LogP contribution in [0.2, 0.25) is 0 Å². The van der Waals surface area contributed by atoms with E-state index < -0.39 is 12.0 Å². The topological polar surface area (TPSA) is 81.1 Å². The van der Waals surface area contributed by atoms with Gasteiger partial charge in [0.1, 0.15) is 6.04 Å². The molecule has 0 aliphatic rings. The summed E-state index contributed by atoms with van der Waals surface area (Å²) in [5, 5.41) is 8.58. The standard InChI is InChI=1S/C8H13N3O2/c1-5-6(2)11(4-10-5)3-7(9)8(12)13/h4,7H,3,9H2,1-2H3,(H,12,13). The van der Waals surface area contributed by atoms with Crippen LogP contribution in [0, 0.1) is 13.8 Å². The molecule has 0 aliphatic carbocycles. The van der Waals surface area contributed by atoms with Gasteiger partial charge in [0.2, 0.25) is 0 Å². The minimum atomic E-state index is -0.995. The van der Waals surface area contributed by atoms with E-state index in [9.17, 15) is 4.79 Å². The first-order chi connectivity index (χ1) is 6.02. The van der Waals surface area contributed by atoms with Gasteiger partial charge in [0.15, 0.2) is 0 Å². The molecular weight excluding hydrogens is 170 g/mol. The summed E-state index contributed by atoms with van der Waals surface area (Å²) in [5.74, 6) is -0.995. The van der Waals surface area contributed by atoms with Crippen LogP contribution in [-0.2, 0) is 11.3 Å². The molecule has 1 aromatic heterocycles. The number of rotatable bonds is 3. The number of imidazole rings is 1. The molecule has 1 rings (SSSR count). The Kier molecular flexibility index (Phi) is 2.67. The zero-order valence-corrected chi connectivity index (χ0v) is 7.69. The summed E-state index contributed by atoms with van der Waals surface area (Å²) in [5.41, 5.74) is 7.23. The fourth-order valence-electron chi connectivity index (χ4n) is 1.02. The largest absolute Gasteiger partial charge is 0.480 e. The molecular formula is C8H13N3O2. The normalized spacial score (nSPS) is 12.8. The lowest BCUT2D eigenvalue weighted by Crippen LogP contribution is -2.34. The van der Waals surface area contributed by atoms with Gasteiger partial charge >= 0.3 is 5.97 Å². The number of nitrogens with two attached hydrogens (primary N) is 1. The Labute approximate surface area is 76.2 Å². The Bertz CT molecular complexity index is 319. The van der Waals surface area contributed by atoms with E-state index in [1.54, 1.807) is 10.9 Å². The van der Waals surface area contributed by atoms with Crippen molar-refractivity contribution in [2.75, 3.05) is 0 Å². The molecule has 0 saturated heterocycles. The zero-order chi connectivity index (χ0) is 10.0. The lowest BCUT2D eigenvalue weighted by molar-refractivity contribution is -0.138. The summed E-state index contributed by atoms with van der Waals surface area (Å²) in [6.07, 6.45) is 1.60. The van der Waals surface area contributed by atoms with Crippen molar-refractivity contribution < 1.29 is 9.90 Å². The molecule has 0 bridgehead atoms. The molecule has 5 heteroatoms.